The average molecular weight is 434 g/mol. The molecule has 1 heterocycles. The molecule has 6 nitrogen and oxygen atoms in total. The van der Waals surface area contributed by atoms with Gasteiger partial charge in [0.15, 0.2) is 14.5 Å². The van der Waals surface area contributed by atoms with Crippen LogP contribution < -0.4 is 0 Å². The Labute approximate surface area is 181 Å². The fourth-order valence-electron chi connectivity index (χ4n) is 3.11. The number of esters is 1. The number of carbonyl (C=O) groups is 2. The van der Waals surface area contributed by atoms with Crippen molar-refractivity contribution in [1.82, 2.24) is 4.90 Å². The SMILES string of the molecule is C/C=C\O[C@@H]1[C@@H]([C@@H](C)O[Si](C)(C)C(C)(C)C)C(=O)N1CC(=O)OCc1ccccc1. The van der Waals surface area contributed by atoms with E-state index in [-0.39, 0.29) is 30.2 Å². The molecule has 0 spiro atoms. The van der Waals surface area contributed by atoms with E-state index in [1.54, 1.807) is 12.3 Å². The lowest BCUT2D eigenvalue weighted by molar-refractivity contribution is -0.197. The van der Waals surface area contributed by atoms with Gasteiger partial charge in [-0.1, -0.05) is 57.2 Å². The van der Waals surface area contributed by atoms with Gasteiger partial charge in [0.1, 0.15) is 19.1 Å². The molecule has 1 amide bonds. The maximum atomic E-state index is 12.9. The molecule has 30 heavy (non-hydrogen) atoms. The molecule has 0 aromatic heterocycles. The lowest BCUT2D eigenvalue weighted by Gasteiger charge is -2.49. The quantitative estimate of drug-likeness (QED) is 0.249. The number of likely N-dealkylation sites (tertiary alicyclic amines) is 1. The zero-order chi connectivity index (χ0) is 22.5. The van der Waals surface area contributed by atoms with E-state index in [9.17, 15) is 9.59 Å². The summed E-state index contributed by atoms with van der Waals surface area (Å²) in [5.74, 6) is -1.05. The summed E-state index contributed by atoms with van der Waals surface area (Å²) in [7, 11) is -2.04. The van der Waals surface area contributed by atoms with E-state index in [1.165, 1.54) is 4.90 Å². The van der Waals surface area contributed by atoms with Crippen molar-refractivity contribution in [2.24, 2.45) is 5.92 Å². The molecule has 1 fully saturated rings. The third-order valence-electron chi connectivity index (χ3n) is 5.87. The van der Waals surface area contributed by atoms with Crippen LogP contribution in [-0.2, 0) is 30.1 Å². The van der Waals surface area contributed by atoms with E-state index in [0.29, 0.717) is 0 Å². The number of β-lactam (4-membered cyclic amide) rings is 1. The van der Waals surface area contributed by atoms with Crippen molar-refractivity contribution in [3.05, 3.63) is 48.2 Å². The summed E-state index contributed by atoms with van der Waals surface area (Å²) in [4.78, 5) is 26.6. The minimum Gasteiger partial charge on any atom is -0.477 e. The summed E-state index contributed by atoms with van der Waals surface area (Å²) >= 11 is 0. The van der Waals surface area contributed by atoms with E-state index >= 15 is 0 Å². The fourth-order valence-corrected chi connectivity index (χ4v) is 4.54. The number of hydrogen-bond donors (Lipinski definition) is 0. The molecule has 7 heteroatoms. The molecule has 0 bridgehead atoms. The molecule has 1 aromatic carbocycles. The van der Waals surface area contributed by atoms with Crippen LogP contribution in [0.5, 0.6) is 0 Å². The summed E-state index contributed by atoms with van der Waals surface area (Å²) in [6.45, 7) is 14.6. The van der Waals surface area contributed by atoms with Crippen LogP contribution in [0.1, 0.15) is 40.2 Å². The second-order valence-corrected chi connectivity index (χ2v) is 14.0. The number of rotatable bonds is 9. The van der Waals surface area contributed by atoms with Gasteiger partial charge >= 0.3 is 5.97 Å². The van der Waals surface area contributed by atoms with Gasteiger partial charge in [0.2, 0.25) is 5.91 Å². The number of carbonyl (C=O) groups excluding carboxylic acids is 2. The predicted octanol–water partition coefficient (Wildman–Crippen LogP) is 4.47. The van der Waals surface area contributed by atoms with E-state index < -0.39 is 26.4 Å². The second-order valence-electron chi connectivity index (χ2n) is 9.22. The normalized spacial score (nSPS) is 20.8. The number of benzene rings is 1. The van der Waals surface area contributed by atoms with Crippen molar-refractivity contribution in [2.45, 2.75) is 71.7 Å². The summed E-state index contributed by atoms with van der Waals surface area (Å²) < 4.78 is 17.5. The van der Waals surface area contributed by atoms with Crippen LogP contribution in [0.25, 0.3) is 0 Å². The Balaban J connectivity index is 2.01. The highest BCUT2D eigenvalue weighted by Crippen LogP contribution is 2.40. The molecule has 0 unspecified atom stereocenters. The predicted molar refractivity (Wildman–Crippen MR) is 119 cm³/mol. The third-order valence-corrected chi connectivity index (χ3v) is 10.4. The van der Waals surface area contributed by atoms with Crippen molar-refractivity contribution in [3.63, 3.8) is 0 Å². The van der Waals surface area contributed by atoms with E-state index in [0.717, 1.165) is 5.56 Å². The topological polar surface area (TPSA) is 65.1 Å². The molecular formula is C23H35NO5Si. The van der Waals surface area contributed by atoms with Gasteiger partial charge in [-0.15, -0.1) is 0 Å². The summed E-state index contributed by atoms with van der Waals surface area (Å²) in [6, 6.07) is 9.45. The largest absolute Gasteiger partial charge is 0.477 e. The van der Waals surface area contributed by atoms with Crippen molar-refractivity contribution in [1.29, 1.82) is 0 Å². The lowest BCUT2D eigenvalue weighted by atomic mass is 9.90. The van der Waals surface area contributed by atoms with Gasteiger partial charge in [0.25, 0.3) is 0 Å². The maximum Gasteiger partial charge on any atom is 0.326 e. The minimum absolute atomic E-state index is 0.0364. The van der Waals surface area contributed by atoms with Gasteiger partial charge in [-0.2, -0.15) is 0 Å². The number of nitrogens with zero attached hydrogens (tertiary/aromatic N) is 1. The lowest BCUT2D eigenvalue weighted by Crippen LogP contribution is -2.67. The Morgan fingerprint density at radius 3 is 2.43 bits per heavy atom. The molecular weight excluding hydrogens is 398 g/mol. The highest BCUT2D eigenvalue weighted by atomic mass is 28.4. The first-order chi connectivity index (χ1) is 14.0. The first-order valence-corrected chi connectivity index (χ1v) is 13.3. The van der Waals surface area contributed by atoms with Gasteiger partial charge in [-0.05, 0) is 37.5 Å². The number of amides is 1. The van der Waals surface area contributed by atoms with Crippen molar-refractivity contribution in [2.75, 3.05) is 6.54 Å². The summed E-state index contributed by atoms with van der Waals surface area (Å²) in [5.41, 5.74) is 0.900. The number of allylic oxidation sites excluding steroid dienone is 1. The molecule has 0 N–H and O–H groups in total. The van der Waals surface area contributed by atoms with Gasteiger partial charge in [0, 0.05) is 0 Å². The molecule has 1 aliphatic heterocycles. The molecule has 0 radical (unpaired) electrons. The molecule has 166 valence electrons. The zero-order valence-corrected chi connectivity index (χ0v) is 20.2. The van der Waals surface area contributed by atoms with Gasteiger partial charge in [0.05, 0.1) is 12.4 Å². The van der Waals surface area contributed by atoms with Crippen LogP contribution in [0, 0.1) is 5.92 Å². The third kappa shape index (κ3) is 5.73. The first kappa shape index (κ1) is 24.1. The van der Waals surface area contributed by atoms with Crippen LogP contribution >= 0.6 is 0 Å². The van der Waals surface area contributed by atoms with Gasteiger partial charge in [-0.3, -0.25) is 14.5 Å². The Morgan fingerprint density at radius 2 is 1.87 bits per heavy atom. The molecule has 1 saturated heterocycles. The number of ether oxygens (including phenoxy) is 2. The van der Waals surface area contributed by atoms with Crippen LogP contribution in [0.3, 0.4) is 0 Å². The average Bonchev–Trinajstić information content (AvgIpc) is 2.66. The minimum atomic E-state index is -2.04. The van der Waals surface area contributed by atoms with Gasteiger partial charge in [-0.25, -0.2) is 0 Å². The molecule has 1 aromatic rings. The highest BCUT2D eigenvalue weighted by molar-refractivity contribution is 6.74. The van der Waals surface area contributed by atoms with E-state index in [1.807, 2.05) is 44.2 Å². The molecule has 0 saturated carbocycles. The zero-order valence-electron chi connectivity index (χ0n) is 19.2. The molecule has 0 aliphatic carbocycles. The Bertz CT molecular complexity index is 757. The van der Waals surface area contributed by atoms with Crippen molar-refractivity contribution < 1.29 is 23.5 Å². The Morgan fingerprint density at radius 1 is 1.23 bits per heavy atom. The summed E-state index contributed by atoms with van der Waals surface area (Å²) in [6.07, 6.45) is 2.46. The molecule has 2 rings (SSSR count). The van der Waals surface area contributed by atoms with Crippen LogP contribution in [0.15, 0.2) is 42.7 Å². The Kier molecular flexibility index (Phi) is 7.88. The monoisotopic (exact) mass is 433 g/mol. The standard InChI is InChI=1S/C23H35NO5Si/c1-8-14-27-22-20(17(2)29-30(6,7)23(3,4)5)21(26)24(22)15-19(25)28-16-18-12-10-9-11-13-18/h8-14,17,20,22H,15-16H2,1-7H3/b14-8-/t17-,20+,22-/m1/s1. The fraction of sp³-hybridized carbons (Fsp3) is 0.565. The van der Waals surface area contributed by atoms with Crippen LogP contribution in [0.4, 0.5) is 0 Å². The maximum absolute atomic E-state index is 12.9. The van der Waals surface area contributed by atoms with E-state index in [2.05, 4.69) is 33.9 Å². The van der Waals surface area contributed by atoms with Crippen molar-refractivity contribution in [3.8, 4) is 0 Å². The van der Waals surface area contributed by atoms with E-state index in [4.69, 9.17) is 13.9 Å². The van der Waals surface area contributed by atoms with Crippen LogP contribution in [-0.4, -0.2) is 44.0 Å². The van der Waals surface area contributed by atoms with Gasteiger partial charge < -0.3 is 13.9 Å². The first-order valence-electron chi connectivity index (χ1n) is 10.4. The second kappa shape index (κ2) is 9.79. The number of hydrogen-bond acceptors (Lipinski definition) is 5. The van der Waals surface area contributed by atoms with Crippen LogP contribution in [0.2, 0.25) is 18.1 Å². The highest BCUT2D eigenvalue weighted by Gasteiger charge is 2.54. The Hall–Kier alpha value is -2.12. The molecule has 3 atom stereocenters. The van der Waals surface area contributed by atoms with Crippen molar-refractivity contribution >= 4 is 20.2 Å². The smallest absolute Gasteiger partial charge is 0.326 e. The summed E-state index contributed by atoms with van der Waals surface area (Å²) in [5, 5.41) is 0.0364. The molecule has 1 aliphatic rings.